The number of rotatable bonds is 9. The lowest BCUT2D eigenvalue weighted by molar-refractivity contribution is -0.121. The molecule has 1 saturated heterocycles. The van der Waals surface area contributed by atoms with Crippen LogP contribution in [0, 0.1) is 0 Å². The maximum atomic E-state index is 11.8. The number of amides is 1. The molecule has 1 heterocycles. The Hall–Kier alpha value is -2.28. The summed E-state index contributed by atoms with van der Waals surface area (Å²) in [6.45, 7) is 7.45. The fourth-order valence-corrected chi connectivity index (χ4v) is 3.62. The third-order valence-corrected chi connectivity index (χ3v) is 5.11. The van der Waals surface area contributed by atoms with Gasteiger partial charge >= 0.3 is 0 Å². The van der Waals surface area contributed by atoms with Crippen molar-refractivity contribution in [3.05, 3.63) is 29.8 Å². The van der Waals surface area contributed by atoms with Crippen LogP contribution in [0.1, 0.15) is 51.1 Å². The van der Waals surface area contributed by atoms with Gasteiger partial charge in [0.05, 0.1) is 13.2 Å². The standard InChI is InChI=1S/C22H37N5O2/c1-17(2)26-21(28)12-13-24-22(23-3)25-16-20(27-14-6-5-7-15-27)18-8-10-19(29-4)11-9-18/h8-11,17,20H,5-7,12-16H2,1-4H3,(H,26,28)(H2,23,24,25). The number of ether oxygens (including phenoxy) is 1. The van der Waals surface area contributed by atoms with Crippen molar-refractivity contribution in [3.63, 3.8) is 0 Å². The maximum absolute atomic E-state index is 11.8. The van der Waals surface area contributed by atoms with E-state index in [4.69, 9.17) is 4.74 Å². The van der Waals surface area contributed by atoms with Crippen molar-refractivity contribution in [1.82, 2.24) is 20.9 Å². The summed E-state index contributed by atoms with van der Waals surface area (Å²) in [6, 6.07) is 8.76. The zero-order valence-electron chi connectivity index (χ0n) is 18.3. The third kappa shape index (κ3) is 7.93. The summed E-state index contributed by atoms with van der Waals surface area (Å²) in [6.07, 6.45) is 4.21. The van der Waals surface area contributed by atoms with Gasteiger partial charge in [-0.1, -0.05) is 18.6 Å². The van der Waals surface area contributed by atoms with Crippen LogP contribution in [0.15, 0.2) is 29.3 Å². The molecule has 1 amide bonds. The van der Waals surface area contributed by atoms with E-state index in [0.717, 1.165) is 31.3 Å². The number of hydrogen-bond donors (Lipinski definition) is 3. The molecule has 1 aliphatic rings. The van der Waals surface area contributed by atoms with Crippen molar-refractivity contribution in [2.24, 2.45) is 4.99 Å². The highest BCUT2D eigenvalue weighted by atomic mass is 16.5. The first-order valence-electron chi connectivity index (χ1n) is 10.7. The average Bonchev–Trinajstić information content (AvgIpc) is 2.73. The van der Waals surface area contributed by atoms with Crippen LogP contribution in [0.25, 0.3) is 0 Å². The molecule has 3 N–H and O–H groups in total. The number of carbonyl (C=O) groups excluding carboxylic acids is 1. The molecule has 0 radical (unpaired) electrons. The van der Waals surface area contributed by atoms with E-state index in [2.05, 4.69) is 38.0 Å². The summed E-state index contributed by atoms with van der Waals surface area (Å²) in [5.41, 5.74) is 1.27. The predicted molar refractivity (Wildman–Crippen MR) is 118 cm³/mol. The van der Waals surface area contributed by atoms with E-state index in [1.807, 2.05) is 26.0 Å². The highest BCUT2D eigenvalue weighted by Crippen LogP contribution is 2.25. The molecule has 1 aromatic rings. The minimum absolute atomic E-state index is 0.0485. The number of carbonyl (C=O) groups is 1. The van der Waals surface area contributed by atoms with E-state index in [0.29, 0.717) is 13.0 Å². The summed E-state index contributed by atoms with van der Waals surface area (Å²) in [7, 11) is 3.45. The number of guanidine groups is 1. The number of nitrogens with one attached hydrogen (secondary N) is 3. The first-order valence-corrected chi connectivity index (χ1v) is 10.7. The molecule has 0 saturated carbocycles. The fourth-order valence-electron chi connectivity index (χ4n) is 3.62. The van der Waals surface area contributed by atoms with Crippen molar-refractivity contribution in [3.8, 4) is 5.75 Å². The minimum atomic E-state index is 0.0485. The highest BCUT2D eigenvalue weighted by molar-refractivity contribution is 5.81. The largest absolute Gasteiger partial charge is 0.497 e. The monoisotopic (exact) mass is 403 g/mol. The van der Waals surface area contributed by atoms with Crippen LogP contribution in [0.4, 0.5) is 0 Å². The Morgan fingerprint density at radius 3 is 2.41 bits per heavy atom. The Labute approximate surface area is 175 Å². The van der Waals surface area contributed by atoms with Gasteiger partial charge in [-0.05, 0) is 57.5 Å². The second-order valence-corrected chi connectivity index (χ2v) is 7.74. The molecular weight excluding hydrogens is 366 g/mol. The van der Waals surface area contributed by atoms with Gasteiger partial charge in [0, 0.05) is 32.6 Å². The van der Waals surface area contributed by atoms with E-state index in [1.165, 1.54) is 24.8 Å². The molecule has 1 atom stereocenters. The molecule has 29 heavy (non-hydrogen) atoms. The third-order valence-electron chi connectivity index (χ3n) is 5.11. The molecule has 0 aromatic heterocycles. The Morgan fingerprint density at radius 2 is 1.83 bits per heavy atom. The average molecular weight is 404 g/mol. The van der Waals surface area contributed by atoms with Crippen molar-refractivity contribution < 1.29 is 9.53 Å². The second kappa shape index (κ2) is 12.3. The Balaban J connectivity index is 1.93. The molecule has 2 rings (SSSR count). The Kier molecular flexibility index (Phi) is 9.77. The highest BCUT2D eigenvalue weighted by Gasteiger charge is 2.22. The zero-order valence-corrected chi connectivity index (χ0v) is 18.3. The molecular formula is C22H37N5O2. The molecule has 7 nitrogen and oxygen atoms in total. The van der Waals surface area contributed by atoms with E-state index in [1.54, 1.807) is 14.2 Å². The Morgan fingerprint density at radius 1 is 1.14 bits per heavy atom. The van der Waals surface area contributed by atoms with Gasteiger partial charge in [0.15, 0.2) is 5.96 Å². The number of aliphatic imine (C=N–C) groups is 1. The lowest BCUT2D eigenvalue weighted by atomic mass is 10.0. The van der Waals surface area contributed by atoms with Crippen LogP contribution in [-0.4, -0.2) is 63.1 Å². The van der Waals surface area contributed by atoms with Crippen LogP contribution in [0.5, 0.6) is 5.75 Å². The van der Waals surface area contributed by atoms with Gasteiger partial charge < -0.3 is 20.7 Å². The van der Waals surface area contributed by atoms with Crippen LogP contribution in [0.2, 0.25) is 0 Å². The van der Waals surface area contributed by atoms with Crippen LogP contribution >= 0.6 is 0 Å². The lowest BCUT2D eigenvalue weighted by Crippen LogP contribution is -2.45. The van der Waals surface area contributed by atoms with E-state index >= 15 is 0 Å². The van der Waals surface area contributed by atoms with E-state index < -0.39 is 0 Å². The normalized spacial score (nSPS) is 16.4. The quantitative estimate of drug-likeness (QED) is 0.436. The summed E-state index contributed by atoms with van der Waals surface area (Å²) in [5.74, 6) is 1.64. The van der Waals surface area contributed by atoms with Gasteiger partial charge in [-0.25, -0.2) is 0 Å². The van der Waals surface area contributed by atoms with Gasteiger partial charge in [0.25, 0.3) is 0 Å². The summed E-state index contributed by atoms with van der Waals surface area (Å²) < 4.78 is 5.31. The number of likely N-dealkylation sites (tertiary alicyclic amines) is 1. The molecule has 7 heteroatoms. The van der Waals surface area contributed by atoms with E-state index in [-0.39, 0.29) is 18.0 Å². The van der Waals surface area contributed by atoms with Gasteiger partial charge in [-0.2, -0.15) is 0 Å². The number of nitrogens with zero attached hydrogens (tertiary/aromatic N) is 2. The van der Waals surface area contributed by atoms with Crippen LogP contribution in [-0.2, 0) is 4.79 Å². The van der Waals surface area contributed by atoms with Crippen molar-refractivity contribution in [2.45, 2.75) is 51.6 Å². The SMILES string of the molecule is CN=C(NCCC(=O)NC(C)C)NCC(c1ccc(OC)cc1)N1CCCCC1. The van der Waals surface area contributed by atoms with Crippen molar-refractivity contribution in [2.75, 3.05) is 40.3 Å². The minimum Gasteiger partial charge on any atom is -0.497 e. The summed E-state index contributed by atoms with van der Waals surface area (Å²) in [5, 5.41) is 9.59. The zero-order chi connectivity index (χ0) is 21.1. The molecule has 0 bridgehead atoms. The maximum Gasteiger partial charge on any atom is 0.221 e. The molecule has 1 fully saturated rings. The fraction of sp³-hybridized carbons (Fsp3) is 0.636. The molecule has 1 aromatic carbocycles. The molecule has 0 aliphatic carbocycles. The second-order valence-electron chi connectivity index (χ2n) is 7.74. The molecule has 0 spiro atoms. The van der Waals surface area contributed by atoms with E-state index in [9.17, 15) is 4.79 Å². The van der Waals surface area contributed by atoms with Crippen LogP contribution in [0.3, 0.4) is 0 Å². The predicted octanol–water partition coefficient (Wildman–Crippen LogP) is 2.30. The first-order chi connectivity index (χ1) is 14.0. The number of hydrogen-bond acceptors (Lipinski definition) is 4. The van der Waals surface area contributed by atoms with Crippen molar-refractivity contribution >= 4 is 11.9 Å². The number of methoxy groups -OCH3 is 1. The first kappa shape index (κ1) is 23.0. The van der Waals surface area contributed by atoms with Crippen molar-refractivity contribution in [1.29, 1.82) is 0 Å². The molecule has 162 valence electrons. The summed E-state index contributed by atoms with van der Waals surface area (Å²) >= 11 is 0. The smallest absolute Gasteiger partial charge is 0.221 e. The van der Waals surface area contributed by atoms with Gasteiger partial charge in [0.2, 0.25) is 5.91 Å². The van der Waals surface area contributed by atoms with Gasteiger partial charge in [-0.15, -0.1) is 0 Å². The van der Waals surface area contributed by atoms with Gasteiger partial charge in [-0.3, -0.25) is 14.7 Å². The summed E-state index contributed by atoms with van der Waals surface area (Å²) in [4.78, 5) is 18.7. The topological polar surface area (TPSA) is 78.0 Å². The molecule has 1 unspecified atom stereocenters. The lowest BCUT2D eigenvalue weighted by Gasteiger charge is -2.35. The molecule has 1 aliphatic heterocycles. The van der Waals surface area contributed by atoms with Crippen LogP contribution < -0.4 is 20.7 Å². The number of piperidine rings is 1. The Bertz CT molecular complexity index is 639. The van der Waals surface area contributed by atoms with Gasteiger partial charge in [0.1, 0.15) is 5.75 Å². The number of benzene rings is 1.